The molecule has 18 heavy (non-hydrogen) atoms. The summed E-state index contributed by atoms with van der Waals surface area (Å²) in [6, 6.07) is 0. The van der Waals surface area contributed by atoms with Crippen molar-refractivity contribution in [2.24, 2.45) is 17.6 Å². The van der Waals surface area contributed by atoms with Gasteiger partial charge in [-0.1, -0.05) is 13.8 Å². The third-order valence-corrected chi connectivity index (χ3v) is 3.32. The molecule has 1 saturated heterocycles. The van der Waals surface area contributed by atoms with Crippen LogP contribution >= 0.6 is 0 Å². The van der Waals surface area contributed by atoms with Crippen LogP contribution in [0.25, 0.3) is 0 Å². The van der Waals surface area contributed by atoms with E-state index in [1.54, 1.807) is 0 Å². The summed E-state index contributed by atoms with van der Waals surface area (Å²) in [5, 5.41) is 0. The lowest BCUT2D eigenvalue weighted by Gasteiger charge is -2.16. The topological polar surface area (TPSA) is 61.6 Å². The second-order valence-corrected chi connectivity index (χ2v) is 5.58. The Morgan fingerprint density at radius 2 is 2.28 bits per heavy atom. The highest BCUT2D eigenvalue weighted by Crippen LogP contribution is 2.17. The number of rotatable bonds is 8. The van der Waals surface area contributed by atoms with E-state index in [0.717, 1.165) is 32.3 Å². The Hall–Kier alpha value is -0.610. The van der Waals surface area contributed by atoms with Gasteiger partial charge in [0, 0.05) is 19.4 Å². The van der Waals surface area contributed by atoms with Crippen molar-refractivity contribution < 1.29 is 14.3 Å². The van der Waals surface area contributed by atoms with Crippen molar-refractivity contribution in [3.05, 3.63) is 0 Å². The largest absolute Gasteiger partial charge is 0.466 e. The number of hydrogen-bond donors (Lipinski definition) is 1. The first-order valence-corrected chi connectivity index (χ1v) is 7.09. The SMILES string of the molecule is CC(C)C[C@H](CN)CC(=O)OCC[C@@H]1CCCO1. The molecule has 0 saturated carbocycles. The van der Waals surface area contributed by atoms with Gasteiger partial charge in [-0.05, 0) is 37.6 Å². The highest BCUT2D eigenvalue weighted by atomic mass is 16.5. The van der Waals surface area contributed by atoms with E-state index in [9.17, 15) is 4.79 Å². The van der Waals surface area contributed by atoms with Crippen LogP contribution in [0.5, 0.6) is 0 Å². The molecule has 0 aliphatic carbocycles. The number of nitrogens with two attached hydrogens (primary N) is 1. The smallest absolute Gasteiger partial charge is 0.306 e. The molecule has 0 aromatic carbocycles. The van der Waals surface area contributed by atoms with E-state index in [1.807, 2.05) is 0 Å². The molecule has 4 nitrogen and oxygen atoms in total. The Morgan fingerprint density at radius 3 is 2.83 bits per heavy atom. The Labute approximate surface area is 110 Å². The predicted octanol–water partition coefficient (Wildman–Crippen LogP) is 2.11. The van der Waals surface area contributed by atoms with Crippen molar-refractivity contribution in [1.82, 2.24) is 0 Å². The average molecular weight is 257 g/mol. The molecule has 1 heterocycles. The van der Waals surface area contributed by atoms with Gasteiger partial charge < -0.3 is 15.2 Å². The van der Waals surface area contributed by atoms with Gasteiger partial charge in [0.25, 0.3) is 0 Å². The van der Waals surface area contributed by atoms with Crippen molar-refractivity contribution in [1.29, 1.82) is 0 Å². The van der Waals surface area contributed by atoms with E-state index in [4.69, 9.17) is 15.2 Å². The number of esters is 1. The summed E-state index contributed by atoms with van der Waals surface area (Å²) in [5.41, 5.74) is 5.67. The minimum atomic E-state index is -0.121. The Bertz CT molecular complexity index is 237. The first-order chi connectivity index (χ1) is 8.61. The molecule has 4 heteroatoms. The summed E-state index contributed by atoms with van der Waals surface area (Å²) in [7, 11) is 0. The van der Waals surface area contributed by atoms with Crippen LogP contribution in [0.4, 0.5) is 0 Å². The standard InChI is InChI=1S/C14H27NO3/c1-11(2)8-12(10-15)9-14(16)18-7-5-13-4-3-6-17-13/h11-13H,3-10,15H2,1-2H3/t12-,13-/m0/s1. The van der Waals surface area contributed by atoms with Gasteiger partial charge in [-0.15, -0.1) is 0 Å². The van der Waals surface area contributed by atoms with Crippen molar-refractivity contribution in [3.63, 3.8) is 0 Å². The van der Waals surface area contributed by atoms with Gasteiger partial charge in [0.05, 0.1) is 12.7 Å². The minimum absolute atomic E-state index is 0.121. The molecule has 2 N–H and O–H groups in total. The van der Waals surface area contributed by atoms with E-state index >= 15 is 0 Å². The van der Waals surface area contributed by atoms with Gasteiger partial charge in [-0.2, -0.15) is 0 Å². The molecule has 1 rings (SSSR count). The number of ether oxygens (including phenoxy) is 2. The molecule has 2 atom stereocenters. The summed E-state index contributed by atoms with van der Waals surface area (Å²) in [6.45, 7) is 6.17. The maximum Gasteiger partial charge on any atom is 0.306 e. The third kappa shape index (κ3) is 6.36. The van der Waals surface area contributed by atoms with Crippen molar-refractivity contribution in [2.75, 3.05) is 19.8 Å². The molecule has 0 amide bonds. The number of carbonyl (C=O) groups is 1. The van der Waals surface area contributed by atoms with E-state index in [-0.39, 0.29) is 11.9 Å². The lowest BCUT2D eigenvalue weighted by atomic mass is 9.94. The molecular formula is C14H27NO3. The fourth-order valence-corrected chi connectivity index (χ4v) is 2.40. The van der Waals surface area contributed by atoms with Crippen LogP contribution in [0.1, 0.15) is 46.0 Å². The fourth-order valence-electron chi connectivity index (χ4n) is 2.40. The molecule has 1 fully saturated rings. The predicted molar refractivity (Wildman–Crippen MR) is 71.2 cm³/mol. The molecular weight excluding hydrogens is 230 g/mol. The number of carbonyl (C=O) groups excluding carboxylic acids is 1. The van der Waals surface area contributed by atoms with Gasteiger partial charge >= 0.3 is 5.97 Å². The quantitative estimate of drug-likeness (QED) is 0.676. The second kappa shape index (κ2) is 8.48. The van der Waals surface area contributed by atoms with Crippen LogP contribution in [0, 0.1) is 11.8 Å². The first kappa shape index (κ1) is 15.4. The summed E-state index contributed by atoms with van der Waals surface area (Å²) >= 11 is 0. The van der Waals surface area contributed by atoms with Gasteiger partial charge in [0.2, 0.25) is 0 Å². The van der Waals surface area contributed by atoms with Crippen molar-refractivity contribution in [3.8, 4) is 0 Å². The highest BCUT2D eigenvalue weighted by Gasteiger charge is 2.18. The van der Waals surface area contributed by atoms with Gasteiger partial charge in [-0.3, -0.25) is 4.79 Å². The maximum absolute atomic E-state index is 11.6. The van der Waals surface area contributed by atoms with Gasteiger partial charge in [0.1, 0.15) is 0 Å². The Kier molecular flexibility index (Phi) is 7.28. The van der Waals surface area contributed by atoms with Crippen LogP contribution < -0.4 is 5.73 Å². The van der Waals surface area contributed by atoms with Gasteiger partial charge in [0.15, 0.2) is 0 Å². The van der Waals surface area contributed by atoms with Crippen LogP contribution in [0.3, 0.4) is 0 Å². The zero-order valence-electron chi connectivity index (χ0n) is 11.7. The fraction of sp³-hybridized carbons (Fsp3) is 0.929. The summed E-state index contributed by atoms with van der Waals surface area (Å²) in [4.78, 5) is 11.6. The molecule has 1 aliphatic rings. The molecule has 1 aliphatic heterocycles. The van der Waals surface area contributed by atoms with Crippen LogP contribution in [0.15, 0.2) is 0 Å². The zero-order valence-corrected chi connectivity index (χ0v) is 11.7. The molecule has 0 unspecified atom stereocenters. The van der Waals surface area contributed by atoms with Gasteiger partial charge in [-0.25, -0.2) is 0 Å². The molecule has 106 valence electrons. The lowest BCUT2D eigenvalue weighted by Crippen LogP contribution is -2.22. The molecule has 0 aromatic rings. The second-order valence-electron chi connectivity index (χ2n) is 5.58. The maximum atomic E-state index is 11.6. The molecule has 0 radical (unpaired) electrons. The van der Waals surface area contributed by atoms with E-state index in [2.05, 4.69) is 13.8 Å². The van der Waals surface area contributed by atoms with Crippen molar-refractivity contribution >= 4 is 5.97 Å². The summed E-state index contributed by atoms with van der Waals surface area (Å²) < 4.78 is 10.7. The lowest BCUT2D eigenvalue weighted by molar-refractivity contribution is -0.145. The first-order valence-electron chi connectivity index (χ1n) is 7.09. The minimum Gasteiger partial charge on any atom is -0.466 e. The Morgan fingerprint density at radius 1 is 1.50 bits per heavy atom. The van der Waals surface area contributed by atoms with Crippen LogP contribution in [-0.2, 0) is 14.3 Å². The monoisotopic (exact) mass is 257 g/mol. The van der Waals surface area contributed by atoms with Crippen molar-refractivity contribution in [2.45, 2.75) is 52.1 Å². The molecule has 0 aromatic heterocycles. The molecule has 0 spiro atoms. The third-order valence-electron chi connectivity index (χ3n) is 3.32. The van der Waals surface area contributed by atoms with E-state index < -0.39 is 0 Å². The summed E-state index contributed by atoms with van der Waals surface area (Å²) in [5.74, 6) is 0.697. The molecule has 0 bridgehead atoms. The number of hydrogen-bond acceptors (Lipinski definition) is 4. The summed E-state index contributed by atoms with van der Waals surface area (Å²) in [6.07, 6.45) is 4.76. The van der Waals surface area contributed by atoms with Crippen LogP contribution in [-0.4, -0.2) is 31.8 Å². The van der Waals surface area contributed by atoms with E-state index in [1.165, 1.54) is 0 Å². The zero-order chi connectivity index (χ0) is 13.4. The Balaban J connectivity index is 2.11. The van der Waals surface area contributed by atoms with E-state index in [0.29, 0.717) is 31.6 Å². The average Bonchev–Trinajstić information content (AvgIpc) is 2.80. The highest BCUT2D eigenvalue weighted by molar-refractivity contribution is 5.69. The normalized spacial score (nSPS) is 21.2. The van der Waals surface area contributed by atoms with Crippen LogP contribution in [0.2, 0.25) is 0 Å².